The van der Waals surface area contributed by atoms with Gasteiger partial charge in [0.1, 0.15) is 23.9 Å². The first kappa shape index (κ1) is 24.3. The Balaban J connectivity index is 3.13. The third-order valence-electron chi connectivity index (χ3n) is 4.00. The van der Waals surface area contributed by atoms with Crippen molar-refractivity contribution in [3.05, 3.63) is 29.3 Å². The van der Waals surface area contributed by atoms with Crippen molar-refractivity contribution >= 4 is 17.9 Å². The van der Waals surface area contributed by atoms with E-state index in [0.29, 0.717) is 11.1 Å². The number of likely N-dealkylation sites (N-methyl/N-ethyl adjacent to an activating group) is 1. The van der Waals surface area contributed by atoms with Gasteiger partial charge in [-0.15, -0.1) is 0 Å². The Bertz CT molecular complexity index is 740. The molecule has 0 aliphatic heterocycles. The second kappa shape index (κ2) is 10.1. The van der Waals surface area contributed by atoms with Gasteiger partial charge in [-0.05, 0) is 54.0 Å². The molecule has 3 N–H and O–H groups in total. The molecular weight excluding hydrogens is 374 g/mol. The molecule has 0 saturated heterocycles. The zero-order chi connectivity index (χ0) is 22.4. The van der Waals surface area contributed by atoms with Gasteiger partial charge >= 0.3 is 6.09 Å². The van der Waals surface area contributed by atoms with Crippen LogP contribution in [-0.2, 0) is 14.3 Å². The molecular formula is C21H33N3O5. The molecule has 0 bridgehead atoms. The number of hydrogen-bond donors (Lipinski definition) is 3. The number of benzene rings is 1. The van der Waals surface area contributed by atoms with E-state index in [1.54, 1.807) is 52.8 Å². The quantitative estimate of drug-likeness (QED) is 0.644. The number of phenolic OH excluding ortho intramolecular Hbond substituents is 1. The fourth-order valence-corrected chi connectivity index (χ4v) is 2.78. The maximum absolute atomic E-state index is 12.9. The number of rotatable bonds is 7. The summed E-state index contributed by atoms with van der Waals surface area (Å²) >= 11 is 0. The Morgan fingerprint density at radius 1 is 1.21 bits per heavy atom. The molecule has 162 valence electrons. The molecule has 8 heteroatoms. The Morgan fingerprint density at radius 2 is 1.83 bits per heavy atom. The summed E-state index contributed by atoms with van der Waals surface area (Å²) in [5.74, 6) is -0.917. The Hall–Kier alpha value is -2.77. The van der Waals surface area contributed by atoms with Crippen LogP contribution < -0.4 is 10.6 Å². The van der Waals surface area contributed by atoms with Gasteiger partial charge in [0.25, 0.3) is 0 Å². The van der Waals surface area contributed by atoms with Crippen LogP contribution in [0, 0.1) is 6.92 Å². The van der Waals surface area contributed by atoms with E-state index < -0.39 is 29.6 Å². The predicted molar refractivity (Wildman–Crippen MR) is 110 cm³/mol. The molecule has 1 atom stereocenters. The Kier molecular flexibility index (Phi) is 8.48. The number of nitrogens with zero attached hydrogens (tertiary/aromatic N) is 1. The summed E-state index contributed by atoms with van der Waals surface area (Å²) in [6.07, 6.45) is -0.719. The van der Waals surface area contributed by atoms with E-state index in [9.17, 15) is 19.5 Å². The molecule has 0 aliphatic rings. The molecule has 1 rings (SSSR count). The van der Waals surface area contributed by atoms with E-state index in [2.05, 4.69) is 10.6 Å². The van der Waals surface area contributed by atoms with Crippen LogP contribution >= 0.6 is 0 Å². The van der Waals surface area contributed by atoms with E-state index in [0.717, 1.165) is 0 Å². The minimum Gasteiger partial charge on any atom is -0.507 e. The number of aromatic hydroxyl groups is 1. The summed E-state index contributed by atoms with van der Waals surface area (Å²) in [5, 5.41) is 15.7. The zero-order valence-corrected chi connectivity index (χ0v) is 18.3. The van der Waals surface area contributed by atoms with Crippen molar-refractivity contribution in [1.29, 1.82) is 0 Å². The number of alkyl carbamates (subject to hydrolysis) is 1. The maximum atomic E-state index is 12.9. The van der Waals surface area contributed by atoms with Crippen molar-refractivity contribution in [2.75, 3.05) is 13.1 Å². The smallest absolute Gasteiger partial charge is 0.408 e. The van der Waals surface area contributed by atoms with Crippen molar-refractivity contribution < 1.29 is 24.2 Å². The van der Waals surface area contributed by atoms with Crippen molar-refractivity contribution in [1.82, 2.24) is 15.5 Å². The third kappa shape index (κ3) is 7.29. The van der Waals surface area contributed by atoms with Gasteiger partial charge in [-0.1, -0.05) is 18.2 Å². The highest BCUT2D eigenvalue weighted by molar-refractivity contribution is 5.91. The highest BCUT2D eigenvalue weighted by Gasteiger charge is 2.33. The number of nitrogens with one attached hydrogen (secondary N) is 2. The Labute approximate surface area is 172 Å². The second-order valence-corrected chi connectivity index (χ2v) is 8.11. The van der Waals surface area contributed by atoms with Crippen molar-refractivity contribution in [3.63, 3.8) is 0 Å². The molecule has 3 amide bonds. The first-order valence-electron chi connectivity index (χ1n) is 9.72. The lowest BCUT2D eigenvalue weighted by Gasteiger charge is -2.31. The molecule has 0 aromatic heterocycles. The average molecular weight is 408 g/mol. The fraction of sp³-hybridized carbons (Fsp3) is 0.571. The van der Waals surface area contributed by atoms with Crippen LogP contribution in [-0.4, -0.2) is 52.6 Å². The van der Waals surface area contributed by atoms with Gasteiger partial charge in [-0.25, -0.2) is 4.79 Å². The fourth-order valence-electron chi connectivity index (χ4n) is 2.78. The average Bonchev–Trinajstić information content (AvgIpc) is 2.58. The highest BCUT2D eigenvalue weighted by Crippen LogP contribution is 2.31. The summed E-state index contributed by atoms with van der Waals surface area (Å²) < 4.78 is 5.14. The number of amides is 3. The lowest BCUT2D eigenvalue weighted by atomic mass is 9.99. The third-order valence-corrected chi connectivity index (χ3v) is 4.00. The molecule has 0 fully saturated rings. The minimum absolute atomic E-state index is 0.0391. The van der Waals surface area contributed by atoms with E-state index >= 15 is 0 Å². The van der Waals surface area contributed by atoms with Crippen LogP contribution in [0.15, 0.2) is 18.2 Å². The van der Waals surface area contributed by atoms with Gasteiger partial charge < -0.3 is 25.4 Å². The molecule has 0 radical (unpaired) electrons. The number of para-hydroxylation sites is 1. The van der Waals surface area contributed by atoms with Crippen LogP contribution in [0.4, 0.5) is 4.79 Å². The summed E-state index contributed by atoms with van der Waals surface area (Å²) in [6, 6.07) is 3.88. The molecule has 0 heterocycles. The molecule has 1 unspecified atom stereocenters. The molecule has 1 aromatic rings. The van der Waals surface area contributed by atoms with Crippen LogP contribution in [0.25, 0.3) is 0 Å². The van der Waals surface area contributed by atoms with Gasteiger partial charge in [0.15, 0.2) is 0 Å². The maximum Gasteiger partial charge on any atom is 0.408 e. The summed E-state index contributed by atoms with van der Waals surface area (Å²) in [4.78, 5) is 39.0. The topological polar surface area (TPSA) is 108 Å². The summed E-state index contributed by atoms with van der Waals surface area (Å²) in [7, 11) is 0. The van der Waals surface area contributed by atoms with Gasteiger partial charge in [-0.2, -0.15) is 0 Å². The van der Waals surface area contributed by atoms with Gasteiger partial charge in [0.05, 0.1) is 0 Å². The molecule has 0 spiro atoms. The molecule has 1 aromatic carbocycles. The second-order valence-electron chi connectivity index (χ2n) is 8.11. The largest absolute Gasteiger partial charge is 0.507 e. The Morgan fingerprint density at radius 3 is 2.34 bits per heavy atom. The lowest BCUT2D eigenvalue weighted by Crippen LogP contribution is -2.48. The minimum atomic E-state index is -1.03. The number of ether oxygens (including phenoxy) is 1. The normalized spacial score (nSPS) is 12.3. The monoisotopic (exact) mass is 407 g/mol. The lowest BCUT2D eigenvalue weighted by molar-refractivity contribution is -0.140. The van der Waals surface area contributed by atoms with Gasteiger partial charge in [0, 0.05) is 18.2 Å². The molecule has 29 heavy (non-hydrogen) atoms. The van der Waals surface area contributed by atoms with Gasteiger partial charge in [-0.3, -0.25) is 9.59 Å². The predicted octanol–water partition coefficient (Wildman–Crippen LogP) is 2.64. The van der Waals surface area contributed by atoms with Crippen LogP contribution in [0.5, 0.6) is 5.75 Å². The highest BCUT2D eigenvalue weighted by atomic mass is 16.6. The van der Waals surface area contributed by atoms with E-state index in [-0.39, 0.29) is 24.9 Å². The standard InChI is InChI=1S/C21H33N3O5/c1-8-24(16(25)12-22-20(28)29-21(5,6)7)17(19(27)23-13(2)3)15-11-9-10-14(4)18(15)26/h9-11,13,17,26H,8,12H2,1-7H3,(H,22,28)(H,23,27). The first-order chi connectivity index (χ1) is 13.4. The van der Waals surface area contributed by atoms with Crippen molar-refractivity contribution in [2.45, 2.75) is 66.2 Å². The molecule has 8 nitrogen and oxygen atoms in total. The number of carbonyl (C=O) groups is 3. The van der Waals surface area contributed by atoms with Crippen molar-refractivity contribution in [2.24, 2.45) is 0 Å². The molecule has 0 saturated carbocycles. The van der Waals surface area contributed by atoms with Crippen LogP contribution in [0.3, 0.4) is 0 Å². The van der Waals surface area contributed by atoms with E-state index in [1.165, 1.54) is 4.90 Å². The zero-order valence-electron chi connectivity index (χ0n) is 18.3. The van der Waals surface area contributed by atoms with Crippen LogP contribution in [0.1, 0.15) is 58.7 Å². The SMILES string of the molecule is CCN(C(=O)CNC(=O)OC(C)(C)C)C(C(=O)NC(C)C)c1cccc(C)c1O. The number of aryl methyl sites for hydroxylation is 1. The summed E-state index contributed by atoms with van der Waals surface area (Å²) in [5.41, 5.74) is 0.237. The number of phenols is 1. The summed E-state index contributed by atoms with van der Waals surface area (Å²) in [6.45, 7) is 12.1. The first-order valence-corrected chi connectivity index (χ1v) is 9.72. The van der Waals surface area contributed by atoms with Gasteiger partial charge in [0.2, 0.25) is 11.8 Å². The number of hydrogen-bond acceptors (Lipinski definition) is 5. The number of carbonyl (C=O) groups excluding carboxylic acids is 3. The molecule has 0 aliphatic carbocycles. The van der Waals surface area contributed by atoms with Crippen LogP contribution in [0.2, 0.25) is 0 Å². The van der Waals surface area contributed by atoms with E-state index in [4.69, 9.17) is 4.74 Å². The van der Waals surface area contributed by atoms with E-state index in [1.807, 2.05) is 13.8 Å². The van der Waals surface area contributed by atoms with Crippen molar-refractivity contribution in [3.8, 4) is 5.75 Å².